The molecule has 7 aliphatic rings. The van der Waals surface area contributed by atoms with Crippen molar-refractivity contribution in [3.63, 3.8) is 0 Å². The van der Waals surface area contributed by atoms with Crippen LogP contribution in [0.2, 0.25) is 0 Å². The number of aromatic amines is 2. The molecule has 18 heterocycles. The van der Waals surface area contributed by atoms with Gasteiger partial charge in [0.15, 0.2) is 53.3 Å². The number of pyridine rings is 5. The molecule has 4 bridgehead atoms. The van der Waals surface area contributed by atoms with E-state index in [0.717, 1.165) is 131 Å². The molecule has 6 fully saturated rings. The van der Waals surface area contributed by atoms with Gasteiger partial charge in [0.25, 0.3) is 0 Å². The Balaban J connectivity index is 0.000000134. The summed E-state index contributed by atoms with van der Waals surface area (Å²) < 4.78 is 40.9. The molecule has 488 valence electrons. The molecule has 6 saturated heterocycles. The Bertz CT molecular complexity index is 4460. The normalized spacial score (nSPS) is 17.2. The minimum absolute atomic E-state index is 0.324. The van der Waals surface area contributed by atoms with Gasteiger partial charge in [0, 0.05) is 140 Å². The van der Waals surface area contributed by atoms with Gasteiger partial charge >= 0.3 is 0 Å². The van der Waals surface area contributed by atoms with Crippen molar-refractivity contribution in [2.45, 2.75) is 77.7 Å². The number of aldehydes is 2. The van der Waals surface area contributed by atoms with E-state index in [-0.39, 0.29) is 11.6 Å². The zero-order valence-corrected chi connectivity index (χ0v) is 54.2. The van der Waals surface area contributed by atoms with Crippen molar-refractivity contribution in [3.8, 4) is 34.4 Å². The lowest BCUT2D eigenvalue weighted by molar-refractivity contribution is -0.00875. The number of piperidine rings is 2. The zero-order valence-electron chi connectivity index (χ0n) is 52.6. The first-order valence-corrected chi connectivity index (χ1v) is 31.5. The van der Waals surface area contributed by atoms with E-state index in [0.29, 0.717) is 71.3 Å². The molecule has 96 heavy (non-hydrogen) atoms. The van der Waals surface area contributed by atoms with Crippen LogP contribution in [0.15, 0.2) is 168 Å². The lowest BCUT2D eigenvalue weighted by Gasteiger charge is -2.56. The van der Waals surface area contributed by atoms with Gasteiger partial charge < -0.3 is 20.4 Å². The molecule has 29 heteroatoms. The highest BCUT2D eigenvalue weighted by molar-refractivity contribution is 9.10. The lowest BCUT2D eigenvalue weighted by atomic mass is 9.87. The predicted octanol–water partition coefficient (Wildman–Crippen LogP) is 9.24. The first kappa shape index (κ1) is 65.2. The van der Waals surface area contributed by atoms with Crippen LogP contribution in [0.5, 0.6) is 0 Å². The fourth-order valence-corrected chi connectivity index (χ4v) is 11.6. The van der Waals surface area contributed by atoms with Gasteiger partial charge in [-0.15, -0.1) is 0 Å². The highest BCUT2D eigenvalue weighted by Gasteiger charge is 2.45. The highest BCUT2D eigenvalue weighted by atomic mass is 79.9. The van der Waals surface area contributed by atoms with Gasteiger partial charge in [-0.1, -0.05) is 6.07 Å². The summed E-state index contributed by atoms with van der Waals surface area (Å²) in [7, 11) is 0. The number of hydrogen-bond donors (Lipinski definition) is 4. The van der Waals surface area contributed by atoms with Gasteiger partial charge in [-0.25, -0.2) is 67.4 Å². The van der Waals surface area contributed by atoms with E-state index >= 15 is 0 Å². The van der Waals surface area contributed by atoms with Gasteiger partial charge in [-0.2, -0.15) is 20.4 Å². The van der Waals surface area contributed by atoms with E-state index in [4.69, 9.17) is 9.97 Å². The molecule has 11 aromatic rings. The molecule has 25 nitrogen and oxygen atoms in total. The number of H-pyrrole nitrogens is 2. The van der Waals surface area contributed by atoms with Gasteiger partial charge in [0.2, 0.25) is 0 Å². The topological polar surface area (TPSA) is 289 Å². The van der Waals surface area contributed by atoms with Crippen LogP contribution < -0.4 is 20.4 Å². The number of anilines is 3. The highest BCUT2D eigenvalue weighted by Crippen LogP contribution is 2.36. The van der Waals surface area contributed by atoms with E-state index < -0.39 is 5.82 Å². The average Bonchev–Trinajstić information content (AvgIpc) is 0.880. The molecular formula is C67H65BrF3N23O2. The molecular weight excluding hydrogens is 1300 g/mol. The van der Waals surface area contributed by atoms with Crippen LogP contribution in [0.4, 0.5) is 30.6 Å². The van der Waals surface area contributed by atoms with Crippen molar-refractivity contribution in [2.24, 2.45) is 4.99 Å². The quantitative estimate of drug-likeness (QED) is 0.0617. The fourth-order valence-electron chi connectivity index (χ4n) is 11.4. The van der Waals surface area contributed by atoms with Crippen LogP contribution in [0.25, 0.3) is 34.4 Å². The summed E-state index contributed by atoms with van der Waals surface area (Å²) in [6.07, 6.45) is 22.3. The second-order valence-electron chi connectivity index (χ2n) is 23.5. The van der Waals surface area contributed by atoms with Crippen molar-refractivity contribution < 1.29 is 22.8 Å². The summed E-state index contributed by atoms with van der Waals surface area (Å²) in [5.74, 6) is 4.94. The summed E-state index contributed by atoms with van der Waals surface area (Å²) in [5.41, 5.74) is 10.1. The maximum Gasteiger partial charge on any atom is 0.163 e. The number of carbonyl (C=O) groups excluding carboxylic acids is 2. The third-order valence-corrected chi connectivity index (χ3v) is 16.4. The van der Waals surface area contributed by atoms with Crippen LogP contribution in [0, 0.1) is 38.2 Å². The van der Waals surface area contributed by atoms with Crippen LogP contribution in [0.1, 0.15) is 74.5 Å². The molecule has 0 aliphatic carbocycles. The summed E-state index contributed by atoms with van der Waals surface area (Å²) in [6, 6.07) is 27.0. The largest absolute Gasteiger partial charge is 0.353 e. The molecule has 0 radical (unpaired) electrons. The molecule has 11 aromatic heterocycles. The molecule has 0 amide bonds. The minimum Gasteiger partial charge on any atom is -0.353 e. The number of fused-ring (bicyclic) bond motifs is 4. The maximum atomic E-state index is 13.3. The van der Waals surface area contributed by atoms with E-state index in [9.17, 15) is 22.8 Å². The first-order chi connectivity index (χ1) is 46.6. The van der Waals surface area contributed by atoms with Crippen molar-refractivity contribution >= 4 is 51.8 Å². The van der Waals surface area contributed by atoms with Crippen LogP contribution in [0.3, 0.4) is 0 Å². The Morgan fingerprint density at radius 1 is 0.604 bits per heavy atom. The van der Waals surface area contributed by atoms with Gasteiger partial charge in [0.05, 0.1) is 55.1 Å². The van der Waals surface area contributed by atoms with Gasteiger partial charge in [0.1, 0.15) is 27.9 Å². The fraction of sp³-hybridized carbons (Fsp3) is 0.254. The van der Waals surface area contributed by atoms with Crippen LogP contribution >= 0.6 is 15.9 Å². The Morgan fingerprint density at radius 2 is 1.20 bits per heavy atom. The van der Waals surface area contributed by atoms with Crippen molar-refractivity contribution in [1.29, 1.82) is 0 Å². The van der Waals surface area contributed by atoms with Gasteiger partial charge in [-0.3, -0.25) is 29.7 Å². The summed E-state index contributed by atoms with van der Waals surface area (Å²) in [5, 5.41) is 27.5. The zero-order chi connectivity index (χ0) is 66.7. The first-order valence-electron chi connectivity index (χ1n) is 30.7. The van der Waals surface area contributed by atoms with E-state index in [2.05, 4.69) is 143 Å². The second kappa shape index (κ2) is 30.0. The molecule has 4 unspecified atom stereocenters. The second-order valence-corrected chi connectivity index (χ2v) is 24.3. The summed E-state index contributed by atoms with van der Waals surface area (Å²) in [4.78, 5) is 72.5. The van der Waals surface area contributed by atoms with Crippen molar-refractivity contribution in [2.75, 3.05) is 47.8 Å². The average molecular weight is 1360 g/mol. The number of halogens is 4. The molecule has 7 aliphatic heterocycles. The number of rotatable bonds is 13. The van der Waals surface area contributed by atoms with E-state index in [1.54, 1.807) is 24.3 Å². The third-order valence-electron chi connectivity index (χ3n) is 16.0. The number of piperazine rings is 2. The lowest BCUT2D eigenvalue weighted by Crippen LogP contribution is -2.68. The molecule has 0 spiro atoms. The molecule has 4 atom stereocenters. The third kappa shape index (κ3) is 16.9. The van der Waals surface area contributed by atoms with E-state index in [1.165, 1.54) is 65.0 Å². The Labute approximate surface area is 557 Å². The Hall–Kier alpha value is -10.9. The predicted molar refractivity (Wildman–Crippen MR) is 357 cm³/mol. The van der Waals surface area contributed by atoms with Crippen LogP contribution in [-0.4, -0.2) is 165 Å². The molecule has 0 aromatic carbocycles. The SMILES string of the molecule is CC1=CC(Nc2cc(C)nc(-c3ccc(N4CC5CC(C4)N5)nc3)n2)=NC1.Cc1cc(Cc2cc(C)[nH]n2)nc(-c2ccc(N3CC4CC(C3)N4Cc3ccc(-n4cc(F)cn4)nc3)nc2)n1.Fc1cn[nH]c1.O=Cc1ccc(-n2cc(F)cn2)nc1.O=Cc1ccc(Br)nc1. The number of hydrogen-bond acceptors (Lipinski definition) is 21. The van der Waals surface area contributed by atoms with Crippen LogP contribution in [-0.2, 0) is 13.0 Å². The minimum atomic E-state index is -0.425. The summed E-state index contributed by atoms with van der Waals surface area (Å²) >= 11 is 3.15. The number of aryl methyl sites for hydroxylation is 3. The van der Waals surface area contributed by atoms with Crippen molar-refractivity contribution in [1.82, 2.24) is 95.0 Å². The number of amidine groups is 1. The number of aromatic nitrogens is 17. The van der Waals surface area contributed by atoms with Crippen molar-refractivity contribution in [3.05, 3.63) is 226 Å². The molecule has 0 saturated carbocycles. The number of nitrogens with one attached hydrogen (secondary N) is 4. The number of carbonyl (C=O) groups is 2. The standard InChI is InChI=1S/C29H29FN10.C20H23N7.C9H6FN3O.C6H4BrNO.C3H3FN2/c1-18-7-23(9-24-8-19(2)36-37-24)35-29(34-18)21-4-6-27(32-12-21)38-16-25-10-26(17-38)39(25)14-20-3-5-28(31-11-20)40-15-22(30)13-33-40;1-12-5-17(21-8-12)25-18-6-13(2)23-20(26-18)14-3-4-19(22-9-14)27-10-15-7-16(11-27)24-15;10-8-4-12-13(5-8)9-2-1-7(6-14)3-11-9;7-6-2-1-5(4-9)3-8-6;4-3-1-5-6-2-3/h3-8,11-13,15,25-26H,9-10,14,16-17H2,1-2H3,(H,36,37);3-6,9,15-16,24H,7-8,10-11H2,1-2H3,(H,21,23,25,26);1-6H;1-4H;1-2H,(H,5,6). The van der Waals surface area contributed by atoms with Gasteiger partial charge in [-0.05, 0) is 140 Å². The maximum absolute atomic E-state index is 13.3. The number of aliphatic imine (C=N–C) groups is 1. The Kier molecular flexibility index (Phi) is 20.4. The number of nitrogens with zero attached hydrogens (tertiary/aromatic N) is 19. The monoisotopic (exact) mass is 1360 g/mol. The Morgan fingerprint density at radius 3 is 1.69 bits per heavy atom. The van der Waals surface area contributed by atoms with E-state index in [1.807, 2.05) is 75.8 Å². The summed E-state index contributed by atoms with van der Waals surface area (Å²) in [6.45, 7) is 13.6. The molecule has 18 rings (SSSR count). The smallest absolute Gasteiger partial charge is 0.163 e. The molecule has 4 N–H and O–H groups in total.